The molecule has 5 heterocycles. The number of aromatic nitrogens is 2. The molecule has 3 saturated heterocycles. The van der Waals surface area contributed by atoms with Crippen LogP contribution in [-0.4, -0.2) is 76.0 Å². The lowest BCUT2D eigenvalue weighted by Crippen LogP contribution is -2.45. The number of nitrogens with zero attached hydrogens (tertiary/aromatic N) is 5. The highest BCUT2D eigenvalue weighted by atomic mass is 32.1. The maximum absolute atomic E-state index is 13.2. The van der Waals surface area contributed by atoms with Gasteiger partial charge in [0, 0.05) is 38.6 Å². The molecule has 8 nitrogen and oxygen atoms in total. The van der Waals surface area contributed by atoms with Gasteiger partial charge in [0.2, 0.25) is 17.7 Å². The van der Waals surface area contributed by atoms with Crippen LogP contribution < -0.4 is 0 Å². The summed E-state index contributed by atoms with van der Waals surface area (Å²) in [6.45, 7) is 8.54. The first-order valence-corrected chi connectivity index (χ1v) is 13.5. The highest BCUT2D eigenvalue weighted by molar-refractivity contribution is 7.12. The van der Waals surface area contributed by atoms with Crippen molar-refractivity contribution in [2.75, 3.05) is 39.3 Å². The average Bonchev–Trinajstić information content (AvgIpc) is 3.61. The van der Waals surface area contributed by atoms with Gasteiger partial charge in [0.05, 0.1) is 17.5 Å². The highest BCUT2D eigenvalue weighted by Gasteiger charge is 2.49. The zero-order valence-electron chi connectivity index (χ0n) is 20.2. The summed E-state index contributed by atoms with van der Waals surface area (Å²) in [5, 5.41) is 10.6. The summed E-state index contributed by atoms with van der Waals surface area (Å²) in [4.78, 5) is 33.1. The molecule has 0 bridgehead atoms. The fourth-order valence-electron chi connectivity index (χ4n) is 5.69. The van der Waals surface area contributed by atoms with Crippen molar-refractivity contribution in [1.82, 2.24) is 24.9 Å². The first kappa shape index (κ1) is 23.5. The van der Waals surface area contributed by atoms with Crippen LogP contribution in [-0.2, 0) is 4.79 Å². The van der Waals surface area contributed by atoms with E-state index in [0.29, 0.717) is 18.3 Å². The number of hydrogen-bond donors (Lipinski definition) is 0. The molecule has 2 aromatic rings. The molecule has 34 heavy (non-hydrogen) atoms. The number of carbonyl (C=O) groups excluding carboxylic acids is 2. The van der Waals surface area contributed by atoms with E-state index < -0.39 is 0 Å². The van der Waals surface area contributed by atoms with Crippen molar-refractivity contribution >= 4 is 23.2 Å². The lowest BCUT2D eigenvalue weighted by molar-refractivity contribution is -0.133. The summed E-state index contributed by atoms with van der Waals surface area (Å²) >= 11 is 1.50. The molecule has 3 aliphatic rings. The number of piperidine rings is 2. The second kappa shape index (κ2) is 9.77. The molecule has 1 unspecified atom stereocenters. The Hall–Kier alpha value is -2.26. The molecule has 1 spiro atoms. The van der Waals surface area contributed by atoms with Crippen LogP contribution in [0.3, 0.4) is 0 Å². The predicted molar refractivity (Wildman–Crippen MR) is 130 cm³/mol. The molecule has 2 aromatic heterocycles. The second-order valence-electron chi connectivity index (χ2n) is 10.5. The number of rotatable bonds is 5. The van der Waals surface area contributed by atoms with Gasteiger partial charge in [-0.25, -0.2) is 0 Å². The maximum Gasteiger partial charge on any atom is 0.263 e. The first-order chi connectivity index (χ1) is 16.4. The van der Waals surface area contributed by atoms with E-state index in [2.05, 4.69) is 15.1 Å². The summed E-state index contributed by atoms with van der Waals surface area (Å²) in [6, 6.07) is 3.78. The number of hydrogen-bond acceptors (Lipinski definition) is 7. The Morgan fingerprint density at radius 3 is 2.53 bits per heavy atom. The SMILES string of the molecule is CC(C)c1nnc(C2CC3(CCN(C(=O)c4cccs4)CC3)CN2CC(=O)N2CCCCC2)o1. The van der Waals surface area contributed by atoms with E-state index in [0.717, 1.165) is 69.7 Å². The number of likely N-dealkylation sites (tertiary alicyclic amines) is 3. The van der Waals surface area contributed by atoms with Crippen LogP contribution in [0.15, 0.2) is 21.9 Å². The van der Waals surface area contributed by atoms with E-state index in [-0.39, 0.29) is 29.2 Å². The van der Waals surface area contributed by atoms with Crippen molar-refractivity contribution in [2.45, 2.75) is 64.3 Å². The molecule has 0 radical (unpaired) electrons. The Morgan fingerprint density at radius 1 is 1.12 bits per heavy atom. The topological polar surface area (TPSA) is 82.8 Å². The van der Waals surface area contributed by atoms with Gasteiger partial charge in [-0.2, -0.15) is 0 Å². The summed E-state index contributed by atoms with van der Waals surface area (Å²) < 4.78 is 6.08. The van der Waals surface area contributed by atoms with Crippen LogP contribution >= 0.6 is 11.3 Å². The van der Waals surface area contributed by atoms with Crippen molar-refractivity contribution < 1.29 is 14.0 Å². The Balaban J connectivity index is 1.31. The molecule has 0 saturated carbocycles. The van der Waals surface area contributed by atoms with Gasteiger partial charge in [0.1, 0.15) is 0 Å². The molecule has 184 valence electrons. The van der Waals surface area contributed by atoms with Crippen molar-refractivity contribution in [3.8, 4) is 0 Å². The third-order valence-electron chi connectivity index (χ3n) is 7.73. The van der Waals surface area contributed by atoms with Crippen LogP contribution in [0.4, 0.5) is 0 Å². The zero-order chi connectivity index (χ0) is 23.7. The molecule has 3 aliphatic heterocycles. The summed E-state index contributed by atoms with van der Waals surface area (Å²) in [6.07, 6.45) is 6.14. The number of carbonyl (C=O) groups is 2. The van der Waals surface area contributed by atoms with Gasteiger partial charge < -0.3 is 14.2 Å². The van der Waals surface area contributed by atoms with Crippen LogP contribution in [0.25, 0.3) is 0 Å². The van der Waals surface area contributed by atoms with Gasteiger partial charge in [0.15, 0.2) is 0 Å². The lowest BCUT2D eigenvalue weighted by Gasteiger charge is -2.39. The van der Waals surface area contributed by atoms with E-state index >= 15 is 0 Å². The van der Waals surface area contributed by atoms with Crippen molar-refractivity contribution in [3.63, 3.8) is 0 Å². The Morgan fingerprint density at radius 2 is 1.88 bits per heavy atom. The molecule has 3 fully saturated rings. The molecular weight excluding hydrogens is 450 g/mol. The van der Waals surface area contributed by atoms with Gasteiger partial charge in [0.25, 0.3) is 5.91 Å². The van der Waals surface area contributed by atoms with E-state index in [1.54, 1.807) is 0 Å². The second-order valence-corrected chi connectivity index (χ2v) is 11.4. The minimum Gasteiger partial charge on any atom is -0.423 e. The van der Waals surface area contributed by atoms with Gasteiger partial charge in [-0.05, 0) is 55.4 Å². The zero-order valence-corrected chi connectivity index (χ0v) is 21.1. The fraction of sp³-hybridized carbons (Fsp3) is 0.680. The Kier molecular flexibility index (Phi) is 6.75. The molecular formula is C25H35N5O3S. The van der Waals surface area contributed by atoms with E-state index in [1.165, 1.54) is 17.8 Å². The van der Waals surface area contributed by atoms with Gasteiger partial charge in [-0.1, -0.05) is 19.9 Å². The van der Waals surface area contributed by atoms with Crippen LogP contribution in [0, 0.1) is 5.41 Å². The Bertz CT molecular complexity index is 990. The van der Waals surface area contributed by atoms with Crippen LogP contribution in [0.5, 0.6) is 0 Å². The minimum absolute atomic E-state index is 0.0479. The highest BCUT2D eigenvalue weighted by Crippen LogP contribution is 2.49. The smallest absolute Gasteiger partial charge is 0.263 e. The first-order valence-electron chi connectivity index (χ1n) is 12.6. The van der Waals surface area contributed by atoms with E-state index in [9.17, 15) is 9.59 Å². The monoisotopic (exact) mass is 485 g/mol. The molecule has 1 atom stereocenters. The molecule has 0 aliphatic carbocycles. The summed E-state index contributed by atoms with van der Waals surface area (Å²) in [7, 11) is 0. The fourth-order valence-corrected chi connectivity index (χ4v) is 6.38. The normalized spacial score (nSPS) is 23.2. The van der Waals surface area contributed by atoms with Gasteiger partial charge in [-0.15, -0.1) is 21.5 Å². The van der Waals surface area contributed by atoms with Gasteiger partial charge in [-0.3, -0.25) is 14.5 Å². The maximum atomic E-state index is 13.2. The lowest BCUT2D eigenvalue weighted by atomic mass is 9.76. The van der Waals surface area contributed by atoms with Crippen molar-refractivity contribution in [3.05, 3.63) is 34.2 Å². The van der Waals surface area contributed by atoms with Crippen molar-refractivity contribution in [2.24, 2.45) is 5.41 Å². The quantitative estimate of drug-likeness (QED) is 0.638. The van der Waals surface area contributed by atoms with Crippen LogP contribution in [0.1, 0.15) is 85.8 Å². The van der Waals surface area contributed by atoms with Gasteiger partial charge >= 0.3 is 0 Å². The third-order valence-corrected chi connectivity index (χ3v) is 8.59. The molecule has 5 rings (SSSR count). The number of amides is 2. The minimum atomic E-state index is -0.0479. The molecule has 0 aromatic carbocycles. The predicted octanol–water partition coefficient (Wildman–Crippen LogP) is 3.94. The molecule has 0 N–H and O–H groups in total. The van der Waals surface area contributed by atoms with E-state index in [1.807, 2.05) is 41.2 Å². The van der Waals surface area contributed by atoms with Crippen LogP contribution in [0.2, 0.25) is 0 Å². The molecule has 2 amide bonds. The largest absolute Gasteiger partial charge is 0.423 e. The summed E-state index contributed by atoms with van der Waals surface area (Å²) in [5.41, 5.74) is 0.0611. The number of thiophene rings is 1. The third kappa shape index (κ3) is 4.77. The van der Waals surface area contributed by atoms with E-state index in [4.69, 9.17) is 4.42 Å². The average molecular weight is 486 g/mol. The van der Waals surface area contributed by atoms with Crippen molar-refractivity contribution in [1.29, 1.82) is 0 Å². The standard InChI is InChI=1S/C25H35N5O3S/c1-18(2)22-26-27-23(33-22)19-15-25(17-30(19)16-21(31)28-10-4-3-5-11-28)8-12-29(13-9-25)24(32)20-7-6-14-34-20/h6-7,14,18-19H,3-5,8-13,15-17H2,1-2H3. The molecule has 9 heteroatoms. The summed E-state index contributed by atoms with van der Waals surface area (Å²) in [5.74, 6) is 1.79. The Labute approximate surface area is 205 Å².